The third-order valence-electron chi connectivity index (χ3n) is 4.41. The molecule has 1 aromatic rings. The van der Waals surface area contributed by atoms with E-state index in [0.717, 1.165) is 26.0 Å². The van der Waals surface area contributed by atoms with Crippen LogP contribution in [0.2, 0.25) is 0 Å². The summed E-state index contributed by atoms with van der Waals surface area (Å²) in [5, 5.41) is 7.00. The van der Waals surface area contributed by atoms with Gasteiger partial charge in [0.2, 0.25) is 0 Å². The fourth-order valence-electron chi connectivity index (χ4n) is 3.41. The molecular weight excluding hydrogens is 256 g/mol. The van der Waals surface area contributed by atoms with E-state index in [-0.39, 0.29) is 5.60 Å². The number of nitrogens with one attached hydrogen (secondary N) is 1. The minimum absolute atomic E-state index is 0.0749. The number of ether oxygens (including phenoxy) is 1. The van der Waals surface area contributed by atoms with Gasteiger partial charge < -0.3 is 10.1 Å². The van der Waals surface area contributed by atoms with Crippen LogP contribution in [-0.2, 0) is 10.3 Å². The molecule has 0 radical (unpaired) electrons. The molecule has 1 aliphatic carbocycles. The maximum Gasteiger partial charge on any atom is 0.125 e. The summed E-state index contributed by atoms with van der Waals surface area (Å²) in [5.41, 5.74) is 1.16. The zero-order chi connectivity index (χ0) is 13.1. The standard InChI is InChI=1S/C15H24N2OS/c1-2-18-15(8-4-3-5-9-15)14-17-13(11-19-14)12-7-6-10-16-12/h11-12,16H,2-10H2,1H3. The van der Waals surface area contributed by atoms with Crippen molar-refractivity contribution in [2.24, 2.45) is 0 Å². The molecule has 2 heterocycles. The fraction of sp³-hybridized carbons (Fsp3) is 0.800. The maximum absolute atomic E-state index is 6.16. The van der Waals surface area contributed by atoms with Gasteiger partial charge >= 0.3 is 0 Å². The Balaban J connectivity index is 1.81. The molecule has 1 atom stereocenters. The van der Waals surface area contributed by atoms with Crippen LogP contribution in [0.1, 0.15) is 68.6 Å². The van der Waals surface area contributed by atoms with Crippen LogP contribution in [0.4, 0.5) is 0 Å². The Morgan fingerprint density at radius 1 is 1.37 bits per heavy atom. The highest BCUT2D eigenvalue weighted by molar-refractivity contribution is 7.09. The van der Waals surface area contributed by atoms with Gasteiger partial charge in [0.15, 0.2) is 0 Å². The largest absolute Gasteiger partial charge is 0.368 e. The molecule has 2 aliphatic rings. The molecule has 19 heavy (non-hydrogen) atoms. The average molecular weight is 280 g/mol. The zero-order valence-corrected chi connectivity index (χ0v) is 12.6. The monoisotopic (exact) mass is 280 g/mol. The van der Waals surface area contributed by atoms with Crippen molar-refractivity contribution in [1.82, 2.24) is 10.3 Å². The molecule has 1 saturated heterocycles. The van der Waals surface area contributed by atoms with E-state index in [1.54, 1.807) is 11.3 Å². The van der Waals surface area contributed by atoms with Crippen molar-refractivity contribution in [3.05, 3.63) is 16.1 Å². The molecule has 0 spiro atoms. The summed E-state index contributed by atoms with van der Waals surface area (Å²) in [6.07, 6.45) is 8.68. The second-order valence-corrected chi connectivity index (χ2v) is 6.57. The average Bonchev–Trinajstić information content (AvgIpc) is 3.11. The smallest absolute Gasteiger partial charge is 0.125 e. The van der Waals surface area contributed by atoms with E-state index >= 15 is 0 Å². The van der Waals surface area contributed by atoms with Gasteiger partial charge in [-0.3, -0.25) is 0 Å². The molecule has 0 aromatic carbocycles. The van der Waals surface area contributed by atoms with Gasteiger partial charge in [-0.05, 0) is 39.2 Å². The Labute approximate surface area is 119 Å². The van der Waals surface area contributed by atoms with E-state index in [0.29, 0.717) is 6.04 Å². The van der Waals surface area contributed by atoms with Crippen molar-refractivity contribution in [3.8, 4) is 0 Å². The molecule has 1 unspecified atom stereocenters. The van der Waals surface area contributed by atoms with Crippen LogP contribution in [-0.4, -0.2) is 18.1 Å². The molecule has 1 aliphatic heterocycles. The van der Waals surface area contributed by atoms with Crippen molar-refractivity contribution in [2.75, 3.05) is 13.2 Å². The molecule has 106 valence electrons. The SMILES string of the molecule is CCOC1(c2nc(C3CCCN3)cs2)CCCCC1. The van der Waals surface area contributed by atoms with Gasteiger partial charge in [0, 0.05) is 12.0 Å². The summed E-state index contributed by atoms with van der Waals surface area (Å²) in [5.74, 6) is 0. The fourth-order valence-corrected chi connectivity index (χ4v) is 4.50. The lowest BCUT2D eigenvalue weighted by atomic mass is 9.85. The van der Waals surface area contributed by atoms with Crippen molar-refractivity contribution < 1.29 is 4.74 Å². The lowest BCUT2D eigenvalue weighted by Gasteiger charge is -2.35. The van der Waals surface area contributed by atoms with Gasteiger partial charge in [-0.2, -0.15) is 0 Å². The molecule has 3 rings (SSSR count). The van der Waals surface area contributed by atoms with E-state index in [9.17, 15) is 0 Å². The number of rotatable bonds is 4. The third-order valence-corrected chi connectivity index (χ3v) is 5.46. The Hall–Kier alpha value is -0.450. The van der Waals surface area contributed by atoms with Gasteiger partial charge in [0.25, 0.3) is 0 Å². The Morgan fingerprint density at radius 3 is 2.89 bits per heavy atom. The highest BCUT2D eigenvalue weighted by atomic mass is 32.1. The van der Waals surface area contributed by atoms with Crippen LogP contribution in [0.3, 0.4) is 0 Å². The summed E-state index contributed by atoms with van der Waals surface area (Å²) in [6.45, 7) is 4.02. The van der Waals surface area contributed by atoms with Gasteiger partial charge in [-0.15, -0.1) is 11.3 Å². The highest BCUT2D eigenvalue weighted by Crippen LogP contribution is 2.42. The van der Waals surface area contributed by atoms with Gasteiger partial charge in [-0.1, -0.05) is 19.3 Å². The van der Waals surface area contributed by atoms with Crippen LogP contribution >= 0.6 is 11.3 Å². The first kappa shape index (κ1) is 13.5. The quantitative estimate of drug-likeness (QED) is 0.911. The number of hydrogen-bond acceptors (Lipinski definition) is 4. The number of aromatic nitrogens is 1. The van der Waals surface area contributed by atoms with Crippen LogP contribution in [0, 0.1) is 0 Å². The van der Waals surface area contributed by atoms with E-state index in [1.165, 1.54) is 42.8 Å². The summed E-state index contributed by atoms with van der Waals surface area (Å²) in [4.78, 5) is 4.94. The van der Waals surface area contributed by atoms with E-state index in [2.05, 4.69) is 17.6 Å². The first-order valence-electron chi connectivity index (χ1n) is 7.67. The molecule has 2 fully saturated rings. The Morgan fingerprint density at radius 2 is 2.21 bits per heavy atom. The zero-order valence-electron chi connectivity index (χ0n) is 11.8. The topological polar surface area (TPSA) is 34.1 Å². The second kappa shape index (κ2) is 5.90. The predicted molar refractivity (Wildman–Crippen MR) is 78.5 cm³/mol. The summed E-state index contributed by atoms with van der Waals surface area (Å²) in [7, 11) is 0. The van der Waals surface area contributed by atoms with Crippen molar-refractivity contribution in [3.63, 3.8) is 0 Å². The van der Waals surface area contributed by atoms with Crippen LogP contribution in [0.15, 0.2) is 5.38 Å². The van der Waals surface area contributed by atoms with Crippen molar-refractivity contribution >= 4 is 11.3 Å². The molecule has 1 saturated carbocycles. The first-order chi connectivity index (χ1) is 9.34. The van der Waals surface area contributed by atoms with Crippen LogP contribution < -0.4 is 5.32 Å². The lowest BCUT2D eigenvalue weighted by Crippen LogP contribution is -2.32. The lowest BCUT2D eigenvalue weighted by molar-refractivity contribution is -0.0705. The molecule has 4 heteroatoms. The van der Waals surface area contributed by atoms with Crippen LogP contribution in [0.5, 0.6) is 0 Å². The minimum Gasteiger partial charge on any atom is -0.368 e. The molecule has 3 nitrogen and oxygen atoms in total. The molecular formula is C15H24N2OS. The van der Waals surface area contributed by atoms with Crippen LogP contribution in [0.25, 0.3) is 0 Å². The maximum atomic E-state index is 6.16. The van der Waals surface area contributed by atoms with Gasteiger partial charge in [-0.25, -0.2) is 4.98 Å². The van der Waals surface area contributed by atoms with E-state index in [4.69, 9.17) is 9.72 Å². The van der Waals surface area contributed by atoms with Crippen molar-refractivity contribution in [2.45, 2.75) is 63.5 Å². The normalized spacial score (nSPS) is 26.7. The Kier molecular flexibility index (Phi) is 4.20. The molecule has 0 bridgehead atoms. The minimum atomic E-state index is -0.0749. The van der Waals surface area contributed by atoms with Crippen molar-refractivity contribution in [1.29, 1.82) is 0 Å². The molecule has 0 amide bonds. The summed E-state index contributed by atoms with van der Waals surface area (Å²) in [6, 6.07) is 0.479. The third kappa shape index (κ3) is 2.71. The van der Waals surface area contributed by atoms with E-state index in [1.807, 2.05) is 0 Å². The Bertz CT molecular complexity index is 401. The van der Waals surface area contributed by atoms with Gasteiger partial charge in [0.05, 0.1) is 11.7 Å². The summed E-state index contributed by atoms with van der Waals surface area (Å²) >= 11 is 1.81. The second-order valence-electron chi connectivity index (χ2n) is 5.71. The number of nitrogens with zero attached hydrogens (tertiary/aromatic N) is 1. The number of thiazole rings is 1. The molecule has 1 N–H and O–H groups in total. The number of hydrogen-bond donors (Lipinski definition) is 1. The van der Waals surface area contributed by atoms with E-state index < -0.39 is 0 Å². The first-order valence-corrected chi connectivity index (χ1v) is 8.55. The predicted octanol–water partition coefficient (Wildman–Crippen LogP) is 3.76. The summed E-state index contributed by atoms with van der Waals surface area (Å²) < 4.78 is 6.16. The molecule has 1 aromatic heterocycles. The highest BCUT2D eigenvalue weighted by Gasteiger charge is 2.37. The van der Waals surface area contributed by atoms with Gasteiger partial charge in [0.1, 0.15) is 10.6 Å².